The molecule has 0 aliphatic rings. The van der Waals surface area contributed by atoms with Crippen LogP contribution in [-0.4, -0.2) is 18.9 Å². The minimum Gasteiger partial charge on any atom is -0.322 e. The van der Waals surface area contributed by atoms with E-state index in [-0.39, 0.29) is 10.5 Å². The third-order valence-corrected chi connectivity index (χ3v) is 4.42. The number of sulfonamides is 1. The summed E-state index contributed by atoms with van der Waals surface area (Å²) in [4.78, 5) is 14.2. The molecule has 2 aromatic rings. The van der Waals surface area contributed by atoms with Gasteiger partial charge in [-0.25, -0.2) is 13.1 Å². The summed E-state index contributed by atoms with van der Waals surface area (Å²) >= 11 is 0. The Morgan fingerprint density at radius 3 is 2.33 bits per heavy atom. The first-order valence-electron chi connectivity index (χ1n) is 6.51. The fourth-order valence-electron chi connectivity index (χ4n) is 1.91. The molecule has 0 fully saturated rings. The highest BCUT2D eigenvalue weighted by Gasteiger charge is 2.22. The summed E-state index contributed by atoms with van der Waals surface area (Å²) in [6.45, 7) is 5.34. The van der Waals surface area contributed by atoms with Crippen LogP contribution in [0, 0.1) is 0 Å². The molecule has 0 atom stereocenters. The summed E-state index contributed by atoms with van der Waals surface area (Å²) in [6.07, 6.45) is 0. The van der Waals surface area contributed by atoms with E-state index in [0.29, 0.717) is 11.3 Å². The van der Waals surface area contributed by atoms with Crippen LogP contribution >= 0.6 is 0 Å². The zero-order chi connectivity index (χ0) is 15.7. The van der Waals surface area contributed by atoms with Gasteiger partial charge in [0.25, 0.3) is 0 Å². The van der Waals surface area contributed by atoms with Gasteiger partial charge >= 0.3 is 0 Å². The van der Waals surface area contributed by atoms with Gasteiger partial charge in [-0.05, 0) is 44.5 Å². The van der Waals surface area contributed by atoms with Crippen LogP contribution in [0.25, 0.3) is 11.3 Å². The summed E-state index contributed by atoms with van der Waals surface area (Å²) in [5.41, 5.74) is 0.434. The van der Waals surface area contributed by atoms with Crippen molar-refractivity contribution in [2.45, 2.75) is 31.2 Å². The molecule has 6 heteroatoms. The van der Waals surface area contributed by atoms with Gasteiger partial charge in [0, 0.05) is 17.3 Å². The number of aromatic amines is 1. The van der Waals surface area contributed by atoms with Crippen molar-refractivity contribution in [3.63, 3.8) is 0 Å². The normalized spacial score (nSPS) is 12.3. The van der Waals surface area contributed by atoms with Crippen LogP contribution in [0.1, 0.15) is 20.8 Å². The van der Waals surface area contributed by atoms with E-state index >= 15 is 0 Å². The predicted molar refractivity (Wildman–Crippen MR) is 82.6 cm³/mol. The highest BCUT2D eigenvalue weighted by Crippen LogP contribution is 2.20. The van der Waals surface area contributed by atoms with Gasteiger partial charge in [0.05, 0.1) is 4.90 Å². The van der Waals surface area contributed by atoms with Gasteiger partial charge < -0.3 is 4.98 Å². The molecule has 2 rings (SSSR count). The maximum atomic E-state index is 12.3. The maximum absolute atomic E-state index is 12.3. The molecule has 0 spiro atoms. The van der Waals surface area contributed by atoms with Crippen LogP contribution in [0.3, 0.4) is 0 Å². The molecule has 0 saturated heterocycles. The summed E-state index contributed by atoms with van der Waals surface area (Å²) in [5.74, 6) is 0. The highest BCUT2D eigenvalue weighted by molar-refractivity contribution is 7.89. The fraction of sp³-hybridized carbons (Fsp3) is 0.267. The Balaban J connectivity index is 2.45. The van der Waals surface area contributed by atoms with E-state index in [1.807, 2.05) is 0 Å². The van der Waals surface area contributed by atoms with Crippen molar-refractivity contribution in [3.05, 3.63) is 52.8 Å². The lowest BCUT2D eigenvalue weighted by molar-refractivity contribution is 0.491. The number of nitrogens with one attached hydrogen (secondary N) is 2. The van der Waals surface area contributed by atoms with E-state index in [1.165, 1.54) is 12.1 Å². The molecule has 2 N–H and O–H groups in total. The summed E-state index contributed by atoms with van der Waals surface area (Å²) in [6, 6.07) is 11.2. The molecule has 0 bridgehead atoms. The first kappa shape index (κ1) is 15.5. The Morgan fingerprint density at radius 1 is 1.05 bits per heavy atom. The van der Waals surface area contributed by atoms with Crippen LogP contribution in [0.5, 0.6) is 0 Å². The molecule has 1 aromatic carbocycles. The Labute approximate surface area is 124 Å². The van der Waals surface area contributed by atoms with E-state index in [2.05, 4.69) is 9.71 Å². The van der Waals surface area contributed by atoms with E-state index in [9.17, 15) is 13.2 Å². The van der Waals surface area contributed by atoms with Gasteiger partial charge in [0.1, 0.15) is 0 Å². The van der Waals surface area contributed by atoms with Crippen molar-refractivity contribution in [1.29, 1.82) is 0 Å². The fourth-order valence-corrected chi connectivity index (χ4v) is 3.37. The molecule has 0 aliphatic heterocycles. The van der Waals surface area contributed by atoms with Gasteiger partial charge in [-0.3, -0.25) is 4.79 Å². The first-order chi connectivity index (χ1) is 9.67. The third kappa shape index (κ3) is 4.03. The minimum atomic E-state index is -3.60. The maximum Gasteiger partial charge on any atom is 0.248 e. The van der Waals surface area contributed by atoms with Crippen LogP contribution in [-0.2, 0) is 10.0 Å². The number of hydrogen-bond donors (Lipinski definition) is 2. The Morgan fingerprint density at radius 2 is 1.71 bits per heavy atom. The second kappa shape index (κ2) is 5.46. The van der Waals surface area contributed by atoms with E-state index < -0.39 is 15.6 Å². The lowest BCUT2D eigenvalue weighted by Crippen LogP contribution is -2.40. The van der Waals surface area contributed by atoms with Crippen molar-refractivity contribution in [3.8, 4) is 11.3 Å². The molecule has 0 saturated carbocycles. The number of aromatic nitrogens is 1. The number of hydrogen-bond acceptors (Lipinski definition) is 3. The van der Waals surface area contributed by atoms with Crippen LogP contribution in [0.4, 0.5) is 0 Å². The molecule has 1 heterocycles. The second-order valence-electron chi connectivity index (χ2n) is 5.81. The van der Waals surface area contributed by atoms with Gasteiger partial charge in [0.15, 0.2) is 0 Å². The zero-order valence-electron chi connectivity index (χ0n) is 12.2. The molecule has 0 radical (unpaired) electrons. The molecule has 5 nitrogen and oxygen atoms in total. The quantitative estimate of drug-likeness (QED) is 0.911. The molecule has 1 aromatic heterocycles. The second-order valence-corrected chi connectivity index (χ2v) is 7.49. The number of rotatable bonds is 3. The minimum absolute atomic E-state index is 0.166. The van der Waals surface area contributed by atoms with Crippen LogP contribution in [0.15, 0.2) is 52.2 Å². The average Bonchev–Trinajstić information content (AvgIpc) is 2.36. The molecular formula is C15H18N2O3S. The van der Waals surface area contributed by atoms with Gasteiger partial charge in [-0.15, -0.1) is 0 Å². The molecule has 0 amide bonds. The molecule has 0 unspecified atom stereocenters. The van der Waals surface area contributed by atoms with Crippen molar-refractivity contribution in [2.24, 2.45) is 0 Å². The largest absolute Gasteiger partial charge is 0.322 e. The van der Waals surface area contributed by atoms with Crippen molar-refractivity contribution in [2.75, 3.05) is 0 Å². The summed E-state index contributed by atoms with van der Waals surface area (Å²) < 4.78 is 27.2. The van der Waals surface area contributed by atoms with Gasteiger partial charge in [-0.2, -0.15) is 0 Å². The lowest BCUT2D eigenvalue weighted by Gasteiger charge is -2.20. The van der Waals surface area contributed by atoms with Gasteiger partial charge in [-0.1, -0.05) is 18.2 Å². The third-order valence-electron chi connectivity index (χ3n) is 2.66. The Hall–Kier alpha value is -1.92. The van der Waals surface area contributed by atoms with Crippen molar-refractivity contribution in [1.82, 2.24) is 9.71 Å². The topological polar surface area (TPSA) is 79.0 Å². The van der Waals surface area contributed by atoms with E-state index in [1.54, 1.807) is 51.1 Å². The number of benzene rings is 1. The van der Waals surface area contributed by atoms with E-state index in [4.69, 9.17) is 0 Å². The highest BCUT2D eigenvalue weighted by atomic mass is 32.2. The Kier molecular flexibility index (Phi) is 4.02. The van der Waals surface area contributed by atoms with Crippen molar-refractivity contribution < 1.29 is 8.42 Å². The molecule has 0 aliphatic carbocycles. The summed E-state index contributed by atoms with van der Waals surface area (Å²) in [7, 11) is -3.60. The zero-order valence-corrected chi connectivity index (χ0v) is 13.0. The molecular weight excluding hydrogens is 288 g/mol. The van der Waals surface area contributed by atoms with E-state index in [0.717, 1.165) is 0 Å². The van der Waals surface area contributed by atoms with Gasteiger partial charge in [0.2, 0.25) is 15.6 Å². The lowest BCUT2D eigenvalue weighted by atomic mass is 10.1. The predicted octanol–water partition coefficient (Wildman–Crippen LogP) is 2.12. The smallest absolute Gasteiger partial charge is 0.248 e. The van der Waals surface area contributed by atoms with Crippen LogP contribution in [0.2, 0.25) is 0 Å². The Bertz CT molecular complexity index is 802. The standard InChI is InChI=1S/C15H18N2O3S/c1-15(2,3)17-21(19,20)12-7-4-6-11(10-12)13-8-5-9-14(18)16-13/h4-10,17H,1-3H3,(H,16,18). The monoisotopic (exact) mass is 306 g/mol. The SMILES string of the molecule is CC(C)(C)NS(=O)(=O)c1cccc(-c2cccc(=O)[nH]2)c1. The number of pyridine rings is 1. The number of H-pyrrole nitrogens is 1. The van der Waals surface area contributed by atoms with Crippen LogP contribution < -0.4 is 10.3 Å². The first-order valence-corrected chi connectivity index (χ1v) is 7.99. The average molecular weight is 306 g/mol. The molecule has 21 heavy (non-hydrogen) atoms. The summed E-state index contributed by atoms with van der Waals surface area (Å²) in [5, 5.41) is 0. The molecule has 112 valence electrons. The van der Waals surface area contributed by atoms with Crippen molar-refractivity contribution >= 4 is 10.0 Å².